The highest BCUT2D eigenvalue weighted by Gasteiger charge is 2.47. The van der Waals surface area contributed by atoms with Gasteiger partial charge in [0.05, 0.1) is 6.04 Å². The maximum absolute atomic E-state index is 6.18. The van der Waals surface area contributed by atoms with E-state index in [-0.39, 0.29) is 0 Å². The topological polar surface area (TPSA) is 65.7 Å². The number of fused-ring (bicyclic) bond motifs is 2. The molecule has 4 aliphatic rings. The number of likely N-dealkylation sites (N-methyl/N-ethyl adjacent to an activating group) is 1. The summed E-state index contributed by atoms with van der Waals surface area (Å²) in [5.74, 6) is 1.83. The van der Waals surface area contributed by atoms with E-state index in [4.69, 9.17) is 10.7 Å². The highest BCUT2D eigenvalue weighted by Crippen LogP contribution is 2.52. The first kappa shape index (κ1) is 14.4. The van der Waals surface area contributed by atoms with Crippen molar-refractivity contribution in [2.45, 2.75) is 63.5 Å². The number of nitrogens with two attached hydrogens (primary N) is 1. The summed E-state index contributed by atoms with van der Waals surface area (Å²) in [5.41, 5.74) is 8.17. The number of nitrogens with one attached hydrogen (secondary N) is 2. The number of likely N-dealkylation sites (tertiary alicyclic amines) is 1. The maximum atomic E-state index is 6.18. The molecule has 0 aromatic rings. The van der Waals surface area contributed by atoms with Crippen LogP contribution in [0.3, 0.4) is 0 Å². The first-order valence-corrected chi connectivity index (χ1v) is 8.98. The van der Waals surface area contributed by atoms with Gasteiger partial charge in [0.1, 0.15) is 5.82 Å². The lowest BCUT2D eigenvalue weighted by molar-refractivity contribution is 0.177. The number of nitrogens with zero attached hydrogens (tertiary/aromatic N) is 2. The monoisotopic (exact) mass is 303 g/mol. The third kappa shape index (κ3) is 2.21. The van der Waals surface area contributed by atoms with Crippen LogP contribution in [0, 0.1) is 5.41 Å². The molecular weight excluding hydrogens is 274 g/mol. The molecule has 2 aliphatic carbocycles. The van der Waals surface area contributed by atoms with Crippen molar-refractivity contribution in [1.82, 2.24) is 15.5 Å². The Morgan fingerprint density at radius 1 is 1.27 bits per heavy atom. The summed E-state index contributed by atoms with van der Waals surface area (Å²) in [7, 11) is 2.06. The van der Waals surface area contributed by atoms with E-state index < -0.39 is 0 Å². The van der Waals surface area contributed by atoms with Gasteiger partial charge in [0.2, 0.25) is 0 Å². The van der Waals surface area contributed by atoms with E-state index in [1.54, 1.807) is 5.57 Å². The molecular formula is C17H29N5. The summed E-state index contributed by atoms with van der Waals surface area (Å²) < 4.78 is 0. The summed E-state index contributed by atoms with van der Waals surface area (Å²) >= 11 is 0. The van der Waals surface area contributed by atoms with Gasteiger partial charge < -0.3 is 21.3 Å². The summed E-state index contributed by atoms with van der Waals surface area (Å²) in [5, 5.41) is 6.96. The van der Waals surface area contributed by atoms with Gasteiger partial charge in [0.25, 0.3) is 0 Å². The Balaban J connectivity index is 1.67. The van der Waals surface area contributed by atoms with Crippen molar-refractivity contribution in [3.05, 3.63) is 11.4 Å². The van der Waals surface area contributed by atoms with Crippen LogP contribution in [0.15, 0.2) is 16.4 Å². The molecule has 122 valence electrons. The molecule has 22 heavy (non-hydrogen) atoms. The highest BCUT2D eigenvalue weighted by molar-refractivity contribution is 5.81. The Kier molecular flexibility index (Phi) is 3.56. The van der Waals surface area contributed by atoms with Crippen LogP contribution in [-0.4, -0.2) is 43.1 Å². The van der Waals surface area contributed by atoms with Crippen LogP contribution in [0.2, 0.25) is 0 Å². The second-order valence-corrected chi connectivity index (χ2v) is 7.57. The molecule has 0 aromatic carbocycles. The lowest BCUT2D eigenvalue weighted by atomic mass is 9.66. The molecule has 4 rings (SSSR count). The Morgan fingerprint density at radius 3 is 2.77 bits per heavy atom. The normalized spacial score (nSPS) is 33.9. The Labute approximate surface area is 133 Å². The van der Waals surface area contributed by atoms with Gasteiger partial charge >= 0.3 is 0 Å². The smallest absolute Gasteiger partial charge is 0.195 e. The van der Waals surface area contributed by atoms with Gasteiger partial charge in [0, 0.05) is 19.1 Å². The summed E-state index contributed by atoms with van der Waals surface area (Å²) in [4.78, 5) is 7.20. The average Bonchev–Trinajstić information content (AvgIpc) is 3.17. The minimum absolute atomic E-state index is 0.435. The van der Waals surface area contributed by atoms with Gasteiger partial charge in [-0.1, -0.05) is 12.8 Å². The van der Waals surface area contributed by atoms with E-state index in [1.165, 1.54) is 57.2 Å². The van der Waals surface area contributed by atoms with Gasteiger partial charge in [-0.2, -0.15) is 4.99 Å². The molecule has 5 heteroatoms. The predicted molar refractivity (Wildman–Crippen MR) is 89.4 cm³/mol. The van der Waals surface area contributed by atoms with Gasteiger partial charge in [0.15, 0.2) is 5.96 Å². The third-order valence-corrected chi connectivity index (χ3v) is 6.38. The second-order valence-electron chi connectivity index (χ2n) is 7.57. The lowest BCUT2D eigenvalue weighted by Gasteiger charge is -2.46. The number of rotatable bonds is 2. The molecule has 0 radical (unpaired) electrons. The van der Waals surface area contributed by atoms with E-state index in [0.29, 0.717) is 23.5 Å². The van der Waals surface area contributed by atoms with Crippen LogP contribution in [0.5, 0.6) is 0 Å². The van der Waals surface area contributed by atoms with Crippen molar-refractivity contribution >= 4 is 5.96 Å². The van der Waals surface area contributed by atoms with Crippen LogP contribution in [0.1, 0.15) is 51.4 Å². The molecule has 0 aromatic heterocycles. The fraction of sp³-hybridized carbons (Fsp3) is 0.824. The van der Waals surface area contributed by atoms with Crippen LogP contribution in [0.4, 0.5) is 0 Å². The van der Waals surface area contributed by atoms with Crippen molar-refractivity contribution in [2.24, 2.45) is 16.1 Å². The predicted octanol–water partition coefficient (Wildman–Crippen LogP) is 1.52. The molecule has 1 spiro atoms. The quantitative estimate of drug-likeness (QED) is 0.724. The van der Waals surface area contributed by atoms with Crippen LogP contribution >= 0.6 is 0 Å². The first-order valence-electron chi connectivity index (χ1n) is 8.98. The molecule has 2 heterocycles. The molecule has 1 unspecified atom stereocenters. The molecule has 2 aliphatic heterocycles. The fourth-order valence-corrected chi connectivity index (χ4v) is 5.22. The lowest BCUT2D eigenvalue weighted by Crippen LogP contribution is -2.55. The van der Waals surface area contributed by atoms with Crippen LogP contribution < -0.4 is 16.4 Å². The van der Waals surface area contributed by atoms with E-state index in [0.717, 1.165) is 13.1 Å². The number of hydrogen-bond donors (Lipinski definition) is 3. The maximum Gasteiger partial charge on any atom is 0.195 e. The fourth-order valence-electron chi connectivity index (χ4n) is 5.22. The Hall–Kier alpha value is -1.23. The molecule has 3 fully saturated rings. The van der Waals surface area contributed by atoms with E-state index in [9.17, 15) is 0 Å². The van der Waals surface area contributed by atoms with Gasteiger partial charge in [-0.15, -0.1) is 0 Å². The van der Waals surface area contributed by atoms with Gasteiger partial charge in [-0.05, 0) is 56.6 Å². The molecule has 4 N–H and O–H groups in total. The van der Waals surface area contributed by atoms with Crippen molar-refractivity contribution in [1.29, 1.82) is 0 Å². The summed E-state index contributed by atoms with van der Waals surface area (Å²) in [6.07, 6.45) is 10.5. The molecule has 2 atom stereocenters. The summed E-state index contributed by atoms with van der Waals surface area (Å²) in [6.45, 7) is 2.16. The zero-order valence-corrected chi connectivity index (χ0v) is 13.7. The minimum atomic E-state index is 0.435. The second kappa shape index (κ2) is 5.44. The SMILES string of the molecule is CN[C@@H]1CCN(C2=C3CCCC4(CCCC4)C3NC(N)=N2)C1. The first-order chi connectivity index (χ1) is 10.7. The highest BCUT2D eigenvalue weighted by atomic mass is 15.3. The van der Waals surface area contributed by atoms with Gasteiger partial charge in [-0.3, -0.25) is 0 Å². The zero-order chi connectivity index (χ0) is 15.2. The van der Waals surface area contributed by atoms with Crippen molar-refractivity contribution in [3.8, 4) is 0 Å². The van der Waals surface area contributed by atoms with Crippen molar-refractivity contribution in [2.75, 3.05) is 20.1 Å². The molecule has 0 amide bonds. The molecule has 1 saturated heterocycles. The third-order valence-electron chi connectivity index (χ3n) is 6.38. The van der Waals surface area contributed by atoms with Crippen LogP contribution in [0.25, 0.3) is 0 Å². The van der Waals surface area contributed by atoms with E-state index in [1.807, 2.05) is 0 Å². The molecule has 2 saturated carbocycles. The van der Waals surface area contributed by atoms with E-state index in [2.05, 4.69) is 22.6 Å². The van der Waals surface area contributed by atoms with Crippen LogP contribution in [-0.2, 0) is 0 Å². The Bertz CT molecular complexity index is 503. The molecule has 5 nitrogen and oxygen atoms in total. The zero-order valence-electron chi connectivity index (χ0n) is 13.7. The largest absolute Gasteiger partial charge is 0.370 e. The summed E-state index contributed by atoms with van der Waals surface area (Å²) in [6, 6.07) is 1.02. The van der Waals surface area contributed by atoms with Crippen molar-refractivity contribution in [3.63, 3.8) is 0 Å². The van der Waals surface area contributed by atoms with Gasteiger partial charge in [-0.25, -0.2) is 0 Å². The Morgan fingerprint density at radius 2 is 2.05 bits per heavy atom. The van der Waals surface area contributed by atoms with Crippen molar-refractivity contribution < 1.29 is 0 Å². The standard InChI is InChI=1S/C17H29N5/c1-19-12-6-10-22(11-12)15-13-5-4-9-17(7-2-3-8-17)14(13)20-16(18)21-15/h12,14,19H,2-11H2,1H3,(H3,18,20,21)/t12-,14?/m1/s1. The number of guanidine groups is 1. The molecule has 0 bridgehead atoms. The minimum Gasteiger partial charge on any atom is -0.370 e. The average molecular weight is 303 g/mol. The van der Waals surface area contributed by atoms with E-state index >= 15 is 0 Å². The number of aliphatic imine (C=N–C) groups is 1. The number of hydrogen-bond acceptors (Lipinski definition) is 5.